The zero-order valence-corrected chi connectivity index (χ0v) is 12.2. The second kappa shape index (κ2) is 5.40. The van der Waals surface area contributed by atoms with Gasteiger partial charge in [0.2, 0.25) is 0 Å². The summed E-state index contributed by atoms with van der Waals surface area (Å²) in [5.74, 6) is 1.13. The Kier molecular flexibility index (Phi) is 3.63. The molecule has 0 bridgehead atoms. The minimum atomic E-state index is 0.343. The van der Waals surface area contributed by atoms with Gasteiger partial charge < -0.3 is 9.88 Å². The minimum Gasteiger partial charge on any atom is -0.337 e. The molecule has 0 saturated carbocycles. The summed E-state index contributed by atoms with van der Waals surface area (Å²) < 4.78 is 2.12. The van der Waals surface area contributed by atoms with Crippen LogP contribution in [0.1, 0.15) is 22.4 Å². The normalized spacial score (nSPS) is 20.8. The highest BCUT2D eigenvalue weighted by atomic mass is 32.1. The highest BCUT2D eigenvalue weighted by Crippen LogP contribution is 2.24. The molecule has 6 heteroatoms. The maximum absolute atomic E-state index is 4.51. The van der Waals surface area contributed by atoms with Crippen molar-refractivity contribution < 1.29 is 0 Å². The largest absolute Gasteiger partial charge is 0.337 e. The fourth-order valence-electron chi connectivity index (χ4n) is 2.55. The van der Waals surface area contributed by atoms with Gasteiger partial charge in [-0.3, -0.25) is 4.90 Å². The van der Waals surface area contributed by atoms with Crippen LogP contribution in [-0.2, 0) is 13.6 Å². The van der Waals surface area contributed by atoms with E-state index in [1.807, 2.05) is 17.9 Å². The third-order valence-corrected chi connectivity index (χ3v) is 4.62. The van der Waals surface area contributed by atoms with E-state index in [9.17, 15) is 0 Å². The summed E-state index contributed by atoms with van der Waals surface area (Å²) in [5.41, 5.74) is 3.09. The predicted molar refractivity (Wildman–Crippen MR) is 76.1 cm³/mol. The van der Waals surface area contributed by atoms with Crippen LogP contribution in [0.15, 0.2) is 17.9 Å². The first-order valence-corrected chi connectivity index (χ1v) is 7.44. The molecule has 102 valence electrons. The zero-order chi connectivity index (χ0) is 13.2. The smallest absolute Gasteiger partial charge is 0.127 e. The number of imidazole rings is 1. The molecule has 2 aromatic heterocycles. The van der Waals surface area contributed by atoms with Gasteiger partial charge in [0.05, 0.1) is 17.2 Å². The molecule has 19 heavy (non-hydrogen) atoms. The average Bonchev–Trinajstić information content (AvgIpc) is 3.00. The number of aryl methyl sites for hydroxylation is 2. The van der Waals surface area contributed by atoms with Gasteiger partial charge >= 0.3 is 0 Å². The highest BCUT2D eigenvalue weighted by molar-refractivity contribution is 7.09. The van der Waals surface area contributed by atoms with Crippen LogP contribution in [0, 0.1) is 6.92 Å². The fourth-order valence-corrected chi connectivity index (χ4v) is 3.35. The Morgan fingerprint density at radius 1 is 1.47 bits per heavy atom. The van der Waals surface area contributed by atoms with Crippen molar-refractivity contribution >= 4 is 11.3 Å². The zero-order valence-electron chi connectivity index (χ0n) is 11.3. The number of nitrogens with one attached hydrogen (secondary N) is 1. The summed E-state index contributed by atoms with van der Waals surface area (Å²) in [6, 6.07) is 0.343. The Morgan fingerprint density at radius 3 is 3.05 bits per heavy atom. The molecular weight excluding hydrogens is 258 g/mol. The number of aromatic nitrogens is 3. The molecular formula is C13H19N5S. The number of thiazole rings is 1. The fraction of sp³-hybridized carbons (Fsp3) is 0.538. The maximum Gasteiger partial charge on any atom is 0.127 e. The van der Waals surface area contributed by atoms with Crippen LogP contribution in [0.25, 0.3) is 0 Å². The van der Waals surface area contributed by atoms with Crippen LogP contribution in [0.3, 0.4) is 0 Å². The van der Waals surface area contributed by atoms with Crippen molar-refractivity contribution in [2.45, 2.75) is 19.5 Å². The van der Waals surface area contributed by atoms with Crippen LogP contribution in [0.5, 0.6) is 0 Å². The molecule has 0 amide bonds. The first-order valence-electron chi connectivity index (χ1n) is 6.56. The molecule has 0 aliphatic carbocycles. The molecule has 1 N–H and O–H groups in total. The van der Waals surface area contributed by atoms with Gasteiger partial charge in [-0.25, -0.2) is 9.97 Å². The highest BCUT2D eigenvalue weighted by Gasteiger charge is 2.27. The van der Waals surface area contributed by atoms with Gasteiger partial charge in [0.1, 0.15) is 5.82 Å². The molecule has 3 heterocycles. The van der Waals surface area contributed by atoms with Crippen molar-refractivity contribution in [3.63, 3.8) is 0 Å². The van der Waals surface area contributed by atoms with Gasteiger partial charge in [-0.15, -0.1) is 11.3 Å². The number of piperazine rings is 1. The molecule has 1 atom stereocenters. The van der Waals surface area contributed by atoms with Gasteiger partial charge in [-0.1, -0.05) is 0 Å². The third kappa shape index (κ3) is 2.56. The molecule has 1 aliphatic rings. The lowest BCUT2D eigenvalue weighted by molar-refractivity contribution is 0.146. The maximum atomic E-state index is 4.51. The van der Waals surface area contributed by atoms with Crippen molar-refractivity contribution in [2.75, 3.05) is 19.6 Å². The molecule has 1 saturated heterocycles. The Morgan fingerprint density at radius 2 is 2.37 bits per heavy atom. The standard InChI is InChI=1S/C13H19N5S/c1-10-12(19-9-16-10)8-18-6-3-14-7-11(18)13-15-4-5-17(13)2/h4-5,9,11,14H,3,6-8H2,1-2H3. The second-order valence-corrected chi connectivity index (χ2v) is 5.89. The van der Waals surface area contributed by atoms with Gasteiger partial charge in [0.15, 0.2) is 0 Å². The Balaban J connectivity index is 1.82. The van der Waals surface area contributed by atoms with Gasteiger partial charge in [0, 0.05) is 50.5 Å². The van der Waals surface area contributed by atoms with E-state index >= 15 is 0 Å². The second-order valence-electron chi connectivity index (χ2n) is 4.95. The van der Waals surface area contributed by atoms with Crippen LogP contribution < -0.4 is 5.32 Å². The summed E-state index contributed by atoms with van der Waals surface area (Å²) in [6.45, 7) is 6.11. The molecule has 0 spiro atoms. The van der Waals surface area contributed by atoms with Crippen molar-refractivity contribution in [3.8, 4) is 0 Å². The van der Waals surface area contributed by atoms with E-state index in [0.717, 1.165) is 37.7 Å². The van der Waals surface area contributed by atoms with E-state index < -0.39 is 0 Å². The lowest BCUT2D eigenvalue weighted by Gasteiger charge is -2.35. The SMILES string of the molecule is Cc1ncsc1CN1CCNCC1c1nccn1C. The lowest BCUT2D eigenvalue weighted by atomic mass is 10.1. The summed E-state index contributed by atoms with van der Waals surface area (Å²) in [5, 5.41) is 3.47. The minimum absolute atomic E-state index is 0.343. The van der Waals surface area contributed by atoms with Gasteiger partial charge in [-0.2, -0.15) is 0 Å². The van der Waals surface area contributed by atoms with Crippen LogP contribution in [-0.4, -0.2) is 39.1 Å². The van der Waals surface area contributed by atoms with Crippen LogP contribution in [0.2, 0.25) is 0 Å². The molecule has 3 rings (SSSR count). The van der Waals surface area contributed by atoms with Crippen molar-refractivity contribution in [2.24, 2.45) is 7.05 Å². The Hall–Kier alpha value is -1.24. The number of hydrogen-bond acceptors (Lipinski definition) is 5. The summed E-state index contributed by atoms with van der Waals surface area (Å²) in [4.78, 5) is 12.7. The molecule has 1 unspecified atom stereocenters. The molecule has 1 aliphatic heterocycles. The average molecular weight is 277 g/mol. The van der Waals surface area contributed by atoms with Crippen molar-refractivity contribution in [1.82, 2.24) is 24.8 Å². The van der Waals surface area contributed by atoms with E-state index in [2.05, 4.69) is 38.7 Å². The van der Waals surface area contributed by atoms with Gasteiger partial charge in [0.25, 0.3) is 0 Å². The summed E-state index contributed by atoms with van der Waals surface area (Å²) >= 11 is 1.75. The third-order valence-electron chi connectivity index (χ3n) is 3.70. The van der Waals surface area contributed by atoms with Crippen molar-refractivity contribution in [3.05, 3.63) is 34.3 Å². The topological polar surface area (TPSA) is 46.0 Å². The Labute approximate surface area is 117 Å². The van der Waals surface area contributed by atoms with Crippen LogP contribution >= 0.6 is 11.3 Å². The summed E-state index contributed by atoms with van der Waals surface area (Å²) in [7, 11) is 2.06. The van der Waals surface area contributed by atoms with E-state index in [1.54, 1.807) is 11.3 Å². The molecule has 0 radical (unpaired) electrons. The predicted octanol–water partition coefficient (Wildman–Crippen LogP) is 1.33. The monoisotopic (exact) mass is 277 g/mol. The quantitative estimate of drug-likeness (QED) is 0.919. The van der Waals surface area contributed by atoms with E-state index in [0.29, 0.717) is 6.04 Å². The lowest BCUT2D eigenvalue weighted by Crippen LogP contribution is -2.46. The number of hydrogen-bond donors (Lipinski definition) is 1. The van der Waals surface area contributed by atoms with E-state index in [-0.39, 0.29) is 0 Å². The van der Waals surface area contributed by atoms with E-state index in [1.165, 1.54) is 4.88 Å². The van der Waals surface area contributed by atoms with Crippen LogP contribution in [0.4, 0.5) is 0 Å². The number of rotatable bonds is 3. The number of nitrogens with zero attached hydrogens (tertiary/aromatic N) is 4. The first-order chi connectivity index (χ1) is 9.25. The Bertz CT molecular complexity index is 547. The summed E-state index contributed by atoms with van der Waals surface area (Å²) in [6.07, 6.45) is 3.89. The molecule has 5 nitrogen and oxygen atoms in total. The molecule has 1 fully saturated rings. The van der Waals surface area contributed by atoms with Gasteiger partial charge in [-0.05, 0) is 6.92 Å². The van der Waals surface area contributed by atoms with Crippen molar-refractivity contribution in [1.29, 1.82) is 0 Å². The molecule has 2 aromatic rings. The first kappa shape index (κ1) is 12.8. The molecule has 0 aromatic carbocycles. The van der Waals surface area contributed by atoms with E-state index in [4.69, 9.17) is 0 Å².